The summed E-state index contributed by atoms with van der Waals surface area (Å²) in [5, 5.41) is 4.04. The molecule has 1 amide bonds. The summed E-state index contributed by atoms with van der Waals surface area (Å²) in [4.78, 5) is 17.6. The molecule has 1 aromatic heterocycles. The third-order valence-electron chi connectivity index (χ3n) is 3.37. The minimum Gasteiger partial charge on any atom is -0.325 e. The Kier molecular flexibility index (Phi) is 4.39. The van der Waals surface area contributed by atoms with Gasteiger partial charge in [0.2, 0.25) is 5.91 Å². The van der Waals surface area contributed by atoms with Crippen molar-refractivity contribution >= 4 is 34.3 Å². The van der Waals surface area contributed by atoms with Crippen molar-refractivity contribution in [2.75, 3.05) is 11.1 Å². The lowest BCUT2D eigenvalue weighted by Crippen LogP contribution is -2.14. The Morgan fingerprint density at radius 3 is 2.77 bits per heavy atom. The van der Waals surface area contributed by atoms with Crippen molar-refractivity contribution in [2.45, 2.75) is 11.8 Å². The van der Waals surface area contributed by atoms with Crippen molar-refractivity contribution in [3.8, 4) is 0 Å². The van der Waals surface area contributed by atoms with Gasteiger partial charge in [-0.3, -0.25) is 9.78 Å². The maximum absolute atomic E-state index is 12.1. The van der Waals surface area contributed by atoms with Crippen LogP contribution in [0.5, 0.6) is 0 Å². The molecular weight excluding hydrogens is 292 g/mol. The summed E-state index contributed by atoms with van der Waals surface area (Å²) in [6.07, 6.45) is 1.78. The van der Waals surface area contributed by atoms with Gasteiger partial charge in [0.15, 0.2) is 0 Å². The molecule has 110 valence electrons. The minimum atomic E-state index is -0.00719. The van der Waals surface area contributed by atoms with Gasteiger partial charge >= 0.3 is 0 Å². The largest absolute Gasteiger partial charge is 0.325 e. The lowest BCUT2D eigenvalue weighted by atomic mass is 10.2. The monoisotopic (exact) mass is 308 g/mol. The molecule has 0 atom stereocenters. The third-order valence-corrected chi connectivity index (χ3v) is 4.42. The molecule has 22 heavy (non-hydrogen) atoms. The lowest BCUT2D eigenvalue weighted by molar-refractivity contribution is -0.113. The molecule has 3 nitrogen and oxygen atoms in total. The molecule has 3 aromatic rings. The van der Waals surface area contributed by atoms with Gasteiger partial charge in [0.05, 0.1) is 11.3 Å². The van der Waals surface area contributed by atoms with Crippen LogP contribution < -0.4 is 5.32 Å². The van der Waals surface area contributed by atoms with Gasteiger partial charge in [0.1, 0.15) is 0 Å². The molecule has 0 aliphatic rings. The quantitative estimate of drug-likeness (QED) is 0.732. The fraction of sp³-hybridized carbons (Fsp3) is 0.111. The van der Waals surface area contributed by atoms with Gasteiger partial charge in [-0.15, -0.1) is 11.8 Å². The van der Waals surface area contributed by atoms with Gasteiger partial charge in [-0.2, -0.15) is 0 Å². The van der Waals surface area contributed by atoms with Crippen LogP contribution in [-0.4, -0.2) is 16.6 Å². The Bertz CT molecular complexity index is 812. The first-order chi connectivity index (χ1) is 10.7. The molecule has 0 saturated carbocycles. The second kappa shape index (κ2) is 6.62. The lowest BCUT2D eigenvalue weighted by Gasteiger charge is -2.08. The van der Waals surface area contributed by atoms with E-state index < -0.39 is 0 Å². The topological polar surface area (TPSA) is 42.0 Å². The summed E-state index contributed by atoms with van der Waals surface area (Å²) in [6.45, 7) is 1.98. The highest BCUT2D eigenvalue weighted by Crippen LogP contribution is 2.26. The first kappa shape index (κ1) is 14.6. The fourth-order valence-corrected chi connectivity index (χ4v) is 3.08. The van der Waals surface area contributed by atoms with E-state index in [9.17, 15) is 4.79 Å². The predicted molar refractivity (Wildman–Crippen MR) is 92.3 cm³/mol. The molecule has 0 spiro atoms. The van der Waals surface area contributed by atoms with Gasteiger partial charge in [-0.25, -0.2) is 0 Å². The zero-order valence-electron chi connectivity index (χ0n) is 12.2. The summed E-state index contributed by atoms with van der Waals surface area (Å²) in [6, 6.07) is 17.7. The molecular formula is C18H16N2OS. The van der Waals surface area contributed by atoms with Crippen molar-refractivity contribution in [3.63, 3.8) is 0 Å². The minimum absolute atomic E-state index is 0.00719. The standard InChI is InChI=1S/C18H16N2OS/c1-13-6-2-3-9-15(13)20-17(21)12-22-16-10-4-7-14-8-5-11-19-18(14)16/h2-11H,12H2,1H3,(H,20,21). The predicted octanol–water partition coefficient (Wildman–Crippen LogP) is 4.27. The van der Waals surface area contributed by atoms with Crippen LogP contribution >= 0.6 is 11.8 Å². The molecule has 1 heterocycles. The third kappa shape index (κ3) is 3.28. The number of amides is 1. The van der Waals surface area contributed by atoms with E-state index in [4.69, 9.17) is 0 Å². The van der Waals surface area contributed by atoms with Crippen LogP contribution in [0.1, 0.15) is 5.56 Å². The maximum Gasteiger partial charge on any atom is 0.234 e. The van der Waals surface area contributed by atoms with E-state index in [-0.39, 0.29) is 5.91 Å². The van der Waals surface area contributed by atoms with Crippen molar-refractivity contribution in [3.05, 3.63) is 66.4 Å². The number of hydrogen-bond acceptors (Lipinski definition) is 3. The number of pyridine rings is 1. The average molecular weight is 308 g/mol. The second-order valence-corrected chi connectivity index (χ2v) is 6.00. The van der Waals surface area contributed by atoms with E-state index in [1.165, 1.54) is 11.8 Å². The number of hydrogen-bond donors (Lipinski definition) is 1. The van der Waals surface area contributed by atoms with Crippen LogP contribution in [0.15, 0.2) is 65.7 Å². The molecule has 2 aromatic carbocycles. The van der Waals surface area contributed by atoms with Crippen LogP contribution in [0.2, 0.25) is 0 Å². The number of nitrogens with zero attached hydrogens (tertiary/aromatic N) is 1. The van der Waals surface area contributed by atoms with Crippen LogP contribution in [0.25, 0.3) is 10.9 Å². The molecule has 0 radical (unpaired) electrons. The number of benzene rings is 2. The number of carbonyl (C=O) groups excluding carboxylic acids is 1. The van der Waals surface area contributed by atoms with Gasteiger partial charge in [-0.05, 0) is 30.7 Å². The number of fused-ring (bicyclic) bond motifs is 1. The molecule has 4 heteroatoms. The van der Waals surface area contributed by atoms with Gasteiger partial charge in [0.25, 0.3) is 0 Å². The number of rotatable bonds is 4. The number of aromatic nitrogens is 1. The highest BCUT2D eigenvalue weighted by molar-refractivity contribution is 8.00. The smallest absolute Gasteiger partial charge is 0.234 e. The van der Waals surface area contributed by atoms with Crippen molar-refractivity contribution < 1.29 is 4.79 Å². The van der Waals surface area contributed by atoms with E-state index in [0.717, 1.165) is 27.0 Å². The van der Waals surface area contributed by atoms with Crippen molar-refractivity contribution in [1.29, 1.82) is 0 Å². The summed E-state index contributed by atoms with van der Waals surface area (Å²) < 4.78 is 0. The zero-order chi connectivity index (χ0) is 15.4. The van der Waals surface area contributed by atoms with Crippen LogP contribution in [0, 0.1) is 6.92 Å². The Morgan fingerprint density at radius 2 is 1.91 bits per heavy atom. The first-order valence-electron chi connectivity index (χ1n) is 7.06. The Labute approximate surface area is 133 Å². The molecule has 0 aliphatic carbocycles. The van der Waals surface area contributed by atoms with Gasteiger partial charge < -0.3 is 5.32 Å². The SMILES string of the molecule is Cc1ccccc1NC(=O)CSc1cccc2cccnc12. The summed E-state index contributed by atoms with van der Waals surface area (Å²) in [7, 11) is 0. The van der Waals surface area contributed by atoms with E-state index in [1.54, 1.807) is 6.20 Å². The summed E-state index contributed by atoms with van der Waals surface area (Å²) in [5.74, 6) is 0.358. The zero-order valence-corrected chi connectivity index (χ0v) is 13.1. The van der Waals surface area contributed by atoms with Gasteiger partial charge in [-0.1, -0.05) is 36.4 Å². The first-order valence-corrected chi connectivity index (χ1v) is 8.04. The number of aryl methyl sites for hydroxylation is 1. The van der Waals surface area contributed by atoms with Gasteiger partial charge in [0, 0.05) is 22.2 Å². The fourth-order valence-electron chi connectivity index (χ4n) is 2.24. The molecule has 3 rings (SSSR count). The van der Waals surface area contributed by atoms with Crippen LogP contribution in [-0.2, 0) is 4.79 Å². The second-order valence-electron chi connectivity index (χ2n) is 4.98. The molecule has 0 bridgehead atoms. The Hall–Kier alpha value is -2.33. The highest BCUT2D eigenvalue weighted by Gasteiger charge is 2.07. The molecule has 1 N–H and O–H groups in total. The van der Waals surface area contributed by atoms with E-state index in [1.807, 2.05) is 61.5 Å². The molecule has 0 unspecified atom stereocenters. The molecule has 0 fully saturated rings. The number of para-hydroxylation sites is 2. The average Bonchev–Trinajstić information content (AvgIpc) is 2.55. The van der Waals surface area contributed by atoms with Crippen LogP contribution in [0.3, 0.4) is 0 Å². The van der Waals surface area contributed by atoms with Crippen LogP contribution in [0.4, 0.5) is 5.69 Å². The highest BCUT2D eigenvalue weighted by atomic mass is 32.2. The number of carbonyl (C=O) groups is 1. The van der Waals surface area contributed by atoms with Crippen molar-refractivity contribution in [1.82, 2.24) is 4.98 Å². The van der Waals surface area contributed by atoms with E-state index >= 15 is 0 Å². The molecule has 0 aliphatic heterocycles. The number of nitrogens with one attached hydrogen (secondary N) is 1. The Balaban J connectivity index is 1.69. The number of anilines is 1. The van der Waals surface area contributed by atoms with Crippen molar-refractivity contribution in [2.24, 2.45) is 0 Å². The summed E-state index contributed by atoms with van der Waals surface area (Å²) >= 11 is 1.51. The summed E-state index contributed by atoms with van der Waals surface area (Å²) in [5.41, 5.74) is 2.87. The van der Waals surface area contributed by atoms with E-state index in [2.05, 4.69) is 10.3 Å². The van der Waals surface area contributed by atoms with E-state index in [0.29, 0.717) is 5.75 Å². The Morgan fingerprint density at radius 1 is 1.09 bits per heavy atom. The number of thioether (sulfide) groups is 1. The normalized spacial score (nSPS) is 10.6. The maximum atomic E-state index is 12.1. The molecule has 0 saturated heterocycles.